The highest BCUT2D eigenvalue weighted by Crippen LogP contribution is 2.23. The van der Waals surface area contributed by atoms with Gasteiger partial charge in [0.15, 0.2) is 6.29 Å². The van der Waals surface area contributed by atoms with E-state index in [1.807, 2.05) is 6.08 Å². The first-order valence-corrected chi connectivity index (χ1v) is 28.0. The lowest BCUT2D eigenvalue weighted by Crippen LogP contribution is -2.60. The Balaban J connectivity index is 2.18. The maximum absolute atomic E-state index is 13.0. The highest BCUT2D eigenvalue weighted by molar-refractivity contribution is 5.76. The molecule has 0 bridgehead atoms. The minimum absolute atomic E-state index is 0.0275. The number of nitrogens with one attached hydrogen (secondary N) is 1. The van der Waals surface area contributed by atoms with E-state index in [4.69, 9.17) is 14.2 Å². The zero-order chi connectivity index (χ0) is 48.1. The van der Waals surface area contributed by atoms with E-state index >= 15 is 0 Å². The summed E-state index contributed by atoms with van der Waals surface area (Å²) in [6.07, 6.45) is 41.3. The van der Waals surface area contributed by atoms with Gasteiger partial charge in [0.05, 0.1) is 32.0 Å². The number of rotatable bonds is 48. The average Bonchev–Trinajstić information content (AvgIpc) is 3.31. The number of allylic oxidation sites excluding steroid dienone is 1. The van der Waals surface area contributed by atoms with Gasteiger partial charge in [0.1, 0.15) is 24.4 Å². The first-order chi connectivity index (χ1) is 32.2. The normalized spacial score (nSPS) is 19.7. The average molecular weight is 940 g/mol. The molecule has 1 aliphatic rings. The van der Waals surface area contributed by atoms with Gasteiger partial charge in [-0.25, -0.2) is 0 Å². The molecule has 11 heteroatoms. The van der Waals surface area contributed by atoms with Crippen LogP contribution in [0.25, 0.3) is 0 Å². The molecular formula is C55H105NO10. The quantitative estimate of drug-likeness (QED) is 0.0196. The molecule has 66 heavy (non-hydrogen) atoms. The Morgan fingerprint density at radius 1 is 0.545 bits per heavy atom. The smallest absolute Gasteiger partial charge is 0.305 e. The molecule has 1 heterocycles. The van der Waals surface area contributed by atoms with Crippen molar-refractivity contribution in [1.82, 2.24) is 5.32 Å². The van der Waals surface area contributed by atoms with E-state index < -0.39 is 49.5 Å². The number of hydrogen-bond donors (Lipinski definition) is 6. The molecule has 1 saturated heterocycles. The Labute approximate surface area is 404 Å². The minimum atomic E-state index is -1.57. The molecule has 0 aromatic carbocycles. The maximum Gasteiger partial charge on any atom is 0.305 e. The summed E-state index contributed by atoms with van der Waals surface area (Å²) in [5.74, 6) is -0.220. The zero-order valence-corrected chi connectivity index (χ0v) is 42.7. The van der Waals surface area contributed by atoms with E-state index in [1.165, 1.54) is 167 Å². The molecule has 0 aromatic rings. The molecule has 1 aliphatic heterocycles. The number of unbranched alkanes of at least 4 members (excludes halogenated alkanes) is 34. The van der Waals surface area contributed by atoms with Gasteiger partial charge in [-0.05, 0) is 32.1 Å². The van der Waals surface area contributed by atoms with Gasteiger partial charge in [-0.1, -0.05) is 231 Å². The summed E-state index contributed by atoms with van der Waals surface area (Å²) in [5.41, 5.74) is 0. The van der Waals surface area contributed by atoms with Crippen LogP contribution in [0.2, 0.25) is 0 Å². The summed E-state index contributed by atoms with van der Waals surface area (Å²) in [6.45, 7) is 4.30. The fourth-order valence-corrected chi connectivity index (χ4v) is 8.91. The van der Waals surface area contributed by atoms with E-state index in [0.29, 0.717) is 19.4 Å². The molecular weight excluding hydrogens is 835 g/mol. The third-order valence-corrected chi connectivity index (χ3v) is 13.4. The highest BCUT2D eigenvalue weighted by atomic mass is 16.7. The molecule has 1 amide bonds. The number of esters is 1. The molecule has 1 fully saturated rings. The summed E-state index contributed by atoms with van der Waals surface area (Å²) >= 11 is 0. The van der Waals surface area contributed by atoms with E-state index in [9.17, 15) is 35.1 Å². The van der Waals surface area contributed by atoms with Crippen molar-refractivity contribution in [1.29, 1.82) is 0 Å². The van der Waals surface area contributed by atoms with Gasteiger partial charge in [-0.2, -0.15) is 0 Å². The third kappa shape index (κ3) is 35.5. The van der Waals surface area contributed by atoms with Crippen LogP contribution in [-0.2, 0) is 23.8 Å². The summed E-state index contributed by atoms with van der Waals surface area (Å²) < 4.78 is 16.7. The number of amides is 1. The summed E-state index contributed by atoms with van der Waals surface area (Å²) in [5, 5.41) is 54.3. The van der Waals surface area contributed by atoms with Gasteiger partial charge >= 0.3 is 5.97 Å². The molecule has 7 unspecified atom stereocenters. The van der Waals surface area contributed by atoms with Crippen LogP contribution < -0.4 is 5.32 Å². The largest absolute Gasteiger partial charge is 0.466 e. The zero-order valence-electron chi connectivity index (χ0n) is 42.7. The van der Waals surface area contributed by atoms with Gasteiger partial charge < -0.3 is 45.1 Å². The molecule has 0 aliphatic carbocycles. The van der Waals surface area contributed by atoms with Crippen LogP contribution in [0.3, 0.4) is 0 Å². The van der Waals surface area contributed by atoms with Gasteiger partial charge in [0.25, 0.3) is 0 Å². The number of ether oxygens (including phenoxy) is 3. The lowest BCUT2D eigenvalue weighted by atomic mass is 9.99. The molecule has 1 rings (SSSR count). The standard InChI is InChI=1S/C55H105NO10/c1-3-5-7-9-11-13-15-16-18-22-25-29-33-37-41-48(58)47(46-65-55-54(63)53(62)52(61)49(45-57)66-55)56-50(59)42-38-34-30-26-23-19-17-20-24-28-32-36-40-44-64-51(60)43-39-35-31-27-21-14-12-10-8-6-4-2/h37,41,47-49,52-55,57-58,61-63H,3-36,38-40,42-46H2,1-2H3,(H,56,59)/b41-37+. The Kier molecular flexibility index (Phi) is 43.3. The van der Waals surface area contributed by atoms with Crippen molar-refractivity contribution in [3.05, 3.63) is 12.2 Å². The number of aliphatic hydroxyl groups excluding tert-OH is 5. The number of carbonyl (C=O) groups is 2. The van der Waals surface area contributed by atoms with E-state index in [0.717, 1.165) is 70.6 Å². The first kappa shape index (κ1) is 62.4. The molecule has 6 N–H and O–H groups in total. The summed E-state index contributed by atoms with van der Waals surface area (Å²) in [6, 6.07) is -0.818. The molecule has 7 atom stereocenters. The second kappa shape index (κ2) is 45.8. The third-order valence-electron chi connectivity index (χ3n) is 13.4. The second-order valence-electron chi connectivity index (χ2n) is 19.7. The Morgan fingerprint density at radius 2 is 0.955 bits per heavy atom. The molecule has 0 radical (unpaired) electrons. The molecule has 0 aromatic heterocycles. The van der Waals surface area contributed by atoms with Gasteiger partial charge in [0, 0.05) is 12.8 Å². The Bertz CT molecular complexity index is 1110. The van der Waals surface area contributed by atoms with Crippen molar-refractivity contribution in [2.45, 2.75) is 307 Å². The van der Waals surface area contributed by atoms with Gasteiger partial charge in [0.2, 0.25) is 5.91 Å². The number of hydrogen-bond acceptors (Lipinski definition) is 10. The van der Waals surface area contributed by atoms with Crippen LogP contribution in [0.4, 0.5) is 0 Å². The van der Waals surface area contributed by atoms with E-state index in [1.54, 1.807) is 6.08 Å². The van der Waals surface area contributed by atoms with Crippen LogP contribution in [0.5, 0.6) is 0 Å². The van der Waals surface area contributed by atoms with Crippen molar-refractivity contribution >= 4 is 11.9 Å². The van der Waals surface area contributed by atoms with Crippen molar-refractivity contribution in [3.63, 3.8) is 0 Å². The number of carbonyl (C=O) groups excluding carboxylic acids is 2. The van der Waals surface area contributed by atoms with Crippen molar-refractivity contribution in [2.75, 3.05) is 19.8 Å². The van der Waals surface area contributed by atoms with Crippen molar-refractivity contribution < 1.29 is 49.3 Å². The van der Waals surface area contributed by atoms with E-state index in [2.05, 4.69) is 19.2 Å². The number of aliphatic hydroxyl groups is 5. The highest BCUT2D eigenvalue weighted by Gasteiger charge is 2.44. The molecule has 0 saturated carbocycles. The van der Waals surface area contributed by atoms with Gasteiger partial charge in [-0.15, -0.1) is 0 Å². The predicted molar refractivity (Wildman–Crippen MR) is 269 cm³/mol. The molecule has 11 nitrogen and oxygen atoms in total. The minimum Gasteiger partial charge on any atom is -0.466 e. The van der Waals surface area contributed by atoms with E-state index in [-0.39, 0.29) is 18.5 Å². The fourth-order valence-electron chi connectivity index (χ4n) is 8.91. The fraction of sp³-hybridized carbons (Fsp3) is 0.927. The van der Waals surface area contributed by atoms with Crippen LogP contribution in [0, 0.1) is 0 Å². The lowest BCUT2D eigenvalue weighted by molar-refractivity contribution is -0.302. The lowest BCUT2D eigenvalue weighted by Gasteiger charge is -2.40. The summed E-state index contributed by atoms with van der Waals surface area (Å²) in [7, 11) is 0. The second-order valence-corrected chi connectivity index (χ2v) is 19.7. The SMILES string of the molecule is CCCCCCCCCCCCCC/C=C/C(O)C(COC1OC(CO)C(O)C(O)C1O)NC(=O)CCCCCCCCCCCCCCCOC(=O)CCCCCCCCCCCCC. The molecule has 390 valence electrons. The summed E-state index contributed by atoms with van der Waals surface area (Å²) in [4.78, 5) is 25.1. The van der Waals surface area contributed by atoms with Crippen LogP contribution >= 0.6 is 0 Å². The Morgan fingerprint density at radius 3 is 1.41 bits per heavy atom. The van der Waals surface area contributed by atoms with Crippen LogP contribution in [0.15, 0.2) is 12.2 Å². The first-order valence-electron chi connectivity index (χ1n) is 28.0. The van der Waals surface area contributed by atoms with Crippen molar-refractivity contribution in [3.8, 4) is 0 Å². The van der Waals surface area contributed by atoms with Crippen LogP contribution in [0.1, 0.15) is 264 Å². The van der Waals surface area contributed by atoms with Gasteiger partial charge in [-0.3, -0.25) is 9.59 Å². The topological polar surface area (TPSA) is 175 Å². The Hall–Kier alpha value is -1.60. The predicted octanol–water partition coefficient (Wildman–Crippen LogP) is 12.0. The molecule has 0 spiro atoms. The monoisotopic (exact) mass is 940 g/mol. The van der Waals surface area contributed by atoms with Crippen molar-refractivity contribution in [2.24, 2.45) is 0 Å². The van der Waals surface area contributed by atoms with Crippen LogP contribution in [-0.4, -0.2) is 100 Å². The maximum atomic E-state index is 13.0.